The summed E-state index contributed by atoms with van der Waals surface area (Å²) in [6.07, 6.45) is 0.526. The van der Waals surface area contributed by atoms with Crippen LogP contribution in [0, 0.1) is 5.92 Å². The van der Waals surface area contributed by atoms with Crippen LogP contribution in [0.3, 0.4) is 0 Å². The minimum atomic E-state index is -0.633. The Balaban J connectivity index is 2.43. The zero-order valence-electron chi connectivity index (χ0n) is 11.4. The molecule has 0 aromatic rings. The zero-order chi connectivity index (χ0) is 14.4. The van der Waals surface area contributed by atoms with Crippen molar-refractivity contribution in [1.82, 2.24) is 16.1 Å². The van der Waals surface area contributed by atoms with Crippen LogP contribution in [0.25, 0.3) is 0 Å². The van der Waals surface area contributed by atoms with E-state index >= 15 is 0 Å². The van der Waals surface area contributed by atoms with Gasteiger partial charge in [0.1, 0.15) is 11.8 Å². The summed E-state index contributed by atoms with van der Waals surface area (Å²) in [4.78, 5) is 34.4. The van der Waals surface area contributed by atoms with E-state index in [9.17, 15) is 14.4 Å². The van der Waals surface area contributed by atoms with Gasteiger partial charge in [0.05, 0.1) is 0 Å². The van der Waals surface area contributed by atoms with Gasteiger partial charge in [-0.15, -0.1) is 0 Å². The highest BCUT2D eigenvalue weighted by Crippen LogP contribution is 2.00. The zero-order valence-corrected chi connectivity index (χ0v) is 11.4. The Morgan fingerprint density at radius 1 is 1.32 bits per heavy atom. The predicted octanol–water partition coefficient (Wildman–Crippen LogP) is -0.471. The number of carbonyl (C=O) groups is 3. The molecule has 19 heavy (non-hydrogen) atoms. The molecule has 0 spiro atoms. The number of nitrogens with one attached hydrogen (secondary N) is 3. The van der Waals surface area contributed by atoms with Crippen LogP contribution in [-0.2, 0) is 14.4 Å². The van der Waals surface area contributed by atoms with Gasteiger partial charge in [-0.25, -0.2) is 5.43 Å². The standard InChI is InChI=1S/C12H20N4O3/c1-7(2)6-13-11(18)8(3)14-12(19)9-4-5-10(17)16-15-9/h7-8H,4-6H2,1-3H3,(H,13,18)(H,14,19)(H,16,17). The van der Waals surface area contributed by atoms with Crippen molar-refractivity contribution in [2.24, 2.45) is 11.0 Å². The molecule has 0 fully saturated rings. The van der Waals surface area contributed by atoms with Crippen LogP contribution < -0.4 is 16.1 Å². The van der Waals surface area contributed by atoms with Gasteiger partial charge in [0, 0.05) is 19.4 Å². The summed E-state index contributed by atoms with van der Waals surface area (Å²) in [6, 6.07) is -0.633. The lowest BCUT2D eigenvalue weighted by Crippen LogP contribution is -2.48. The largest absolute Gasteiger partial charge is 0.354 e. The minimum Gasteiger partial charge on any atom is -0.354 e. The number of hydrogen-bond acceptors (Lipinski definition) is 4. The van der Waals surface area contributed by atoms with E-state index in [1.54, 1.807) is 6.92 Å². The fourth-order valence-corrected chi connectivity index (χ4v) is 1.44. The molecule has 0 aliphatic carbocycles. The van der Waals surface area contributed by atoms with E-state index in [2.05, 4.69) is 21.2 Å². The molecule has 1 aliphatic rings. The quantitative estimate of drug-likeness (QED) is 0.628. The summed E-state index contributed by atoms with van der Waals surface area (Å²) in [5, 5.41) is 8.96. The summed E-state index contributed by atoms with van der Waals surface area (Å²) >= 11 is 0. The summed E-state index contributed by atoms with van der Waals surface area (Å²) in [6.45, 7) is 6.15. The van der Waals surface area contributed by atoms with E-state index in [0.29, 0.717) is 12.5 Å². The first-order valence-corrected chi connectivity index (χ1v) is 6.34. The van der Waals surface area contributed by atoms with Crippen LogP contribution in [0.15, 0.2) is 5.10 Å². The van der Waals surface area contributed by atoms with Gasteiger partial charge in [-0.1, -0.05) is 13.8 Å². The second kappa shape index (κ2) is 6.86. The van der Waals surface area contributed by atoms with E-state index in [1.807, 2.05) is 13.8 Å². The number of hydrogen-bond donors (Lipinski definition) is 3. The number of nitrogens with zero attached hydrogens (tertiary/aromatic N) is 1. The van der Waals surface area contributed by atoms with Gasteiger partial charge in [-0.2, -0.15) is 5.10 Å². The highest BCUT2D eigenvalue weighted by atomic mass is 16.2. The van der Waals surface area contributed by atoms with Crippen LogP contribution in [0.1, 0.15) is 33.6 Å². The number of carbonyl (C=O) groups excluding carboxylic acids is 3. The summed E-state index contributed by atoms with van der Waals surface area (Å²) in [7, 11) is 0. The van der Waals surface area contributed by atoms with Gasteiger partial charge in [0.2, 0.25) is 11.8 Å². The van der Waals surface area contributed by atoms with Gasteiger partial charge in [-0.05, 0) is 12.8 Å². The van der Waals surface area contributed by atoms with Crippen LogP contribution >= 0.6 is 0 Å². The molecule has 7 nitrogen and oxygen atoms in total. The highest BCUT2D eigenvalue weighted by molar-refractivity contribution is 6.39. The molecule has 3 N–H and O–H groups in total. The second-order valence-corrected chi connectivity index (χ2v) is 4.93. The van der Waals surface area contributed by atoms with Crippen LogP contribution in [0.2, 0.25) is 0 Å². The third kappa shape index (κ3) is 5.07. The van der Waals surface area contributed by atoms with Gasteiger partial charge >= 0.3 is 0 Å². The molecule has 1 heterocycles. The topological polar surface area (TPSA) is 99.7 Å². The molecule has 1 rings (SSSR count). The van der Waals surface area contributed by atoms with Gasteiger partial charge in [0.25, 0.3) is 5.91 Å². The van der Waals surface area contributed by atoms with E-state index < -0.39 is 11.9 Å². The molecule has 7 heteroatoms. The first kappa shape index (κ1) is 15.1. The third-order valence-corrected chi connectivity index (χ3v) is 2.59. The molecule has 1 atom stereocenters. The molecular weight excluding hydrogens is 248 g/mol. The van der Waals surface area contributed by atoms with Gasteiger partial charge < -0.3 is 10.6 Å². The van der Waals surface area contributed by atoms with Crippen molar-refractivity contribution in [2.75, 3.05) is 6.54 Å². The van der Waals surface area contributed by atoms with E-state index in [0.717, 1.165) is 0 Å². The molecule has 0 aromatic heterocycles. The van der Waals surface area contributed by atoms with Crippen molar-refractivity contribution >= 4 is 23.4 Å². The molecule has 106 valence electrons. The highest BCUT2D eigenvalue weighted by Gasteiger charge is 2.22. The molecule has 1 aliphatic heterocycles. The smallest absolute Gasteiger partial charge is 0.268 e. The maximum Gasteiger partial charge on any atom is 0.268 e. The lowest BCUT2D eigenvalue weighted by Gasteiger charge is -2.17. The molecule has 0 bridgehead atoms. The van der Waals surface area contributed by atoms with E-state index in [4.69, 9.17) is 0 Å². The molecular formula is C12H20N4O3. The second-order valence-electron chi connectivity index (χ2n) is 4.93. The maximum atomic E-state index is 11.8. The molecule has 0 saturated heterocycles. The molecule has 0 aromatic carbocycles. The number of hydrazone groups is 1. The Hall–Kier alpha value is -1.92. The van der Waals surface area contributed by atoms with E-state index in [-0.39, 0.29) is 30.4 Å². The Morgan fingerprint density at radius 3 is 2.53 bits per heavy atom. The van der Waals surface area contributed by atoms with E-state index in [1.165, 1.54) is 0 Å². The lowest BCUT2D eigenvalue weighted by molar-refractivity contribution is -0.126. The summed E-state index contributed by atoms with van der Waals surface area (Å²) in [5.74, 6) is -0.515. The average Bonchev–Trinajstić information content (AvgIpc) is 2.36. The fourth-order valence-electron chi connectivity index (χ4n) is 1.44. The first-order valence-electron chi connectivity index (χ1n) is 6.34. The SMILES string of the molecule is CC(C)CNC(=O)C(C)NC(=O)C1=NNC(=O)CC1. The maximum absolute atomic E-state index is 11.8. The van der Waals surface area contributed by atoms with Gasteiger partial charge in [-0.3, -0.25) is 14.4 Å². The first-order chi connectivity index (χ1) is 8.90. The van der Waals surface area contributed by atoms with Crippen LogP contribution in [0.4, 0.5) is 0 Å². The Labute approximate surface area is 112 Å². The lowest BCUT2D eigenvalue weighted by atomic mass is 10.1. The molecule has 0 saturated carbocycles. The van der Waals surface area contributed by atoms with Crippen molar-refractivity contribution < 1.29 is 14.4 Å². The van der Waals surface area contributed by atoms with Crippen molar-refractivity contribution in [1.29, 1.82) is 0 Å². The van der Waals surface area contributed by atoms with Gasteiger partial charge in [0.15, 0.2) is 0 Å². The molecule has 3 amide bonds. The minimum absolute atomic E-state index is 0.209. The van der Waals surface area contributed by atoms with Crippen molar-refractivity contribution in [2.45, 2.75) is 39.7 Å². The Kier molecular flexibility index (Phi) is 5.47. The third-order valence-electron chi connectivity index (χ3n) is 2.59. The molecule has 0 radical (unpaired) electrons. The summed E-state index contributed by atoms with van der Waals surface area (Å²) < 4.78 is 0. The predicted molar refractivity (Wildman–Crippen MR) is 70.3 cm³/mol. The van der Waals surface area contributed by atoms with Crippen LogP contribution in [0.5, 0.6) is 0 Å². The average molecular weight is 268 g/mol. The Morgan fingerprint density at radius 2 is 2.00 bits per heavy atom. The fraction of sp³-hybridized carbons (Fsp3) is 0.667. The summed E-state index contributed by atoms with van der Waals surface area (Å²) in [5.41, 5.74) is 2.48. The van der Waals surface area contributed by atoms with Crippen molar-refractivity contribution in [3.63, 3.8) is 0 Å². The molecule has 1 unspecified atom stereocenters. The Bertz CT molecular complexity index is 404. The number of rotatable bonds is 5. The monoisotopic (exact) mass is 268 g/mol. The van der Waals surface area contributed by atoms with Crippen molar-refractivity contribution in [3.8, 4) is 0 Å². The normalized spacial score (nSPS) is 16.4. The van der Waals surface area contributed by atoms with Crippen LogP contribution in [-0.4, -0.2) is 36.0 Å². The van der Waals surface area contributed by atoms with Crippen molar-refractivity contribution in [3.05, 3.63) is 0 Å². The number of amides is 3.